The Kier molecular flexibility index (Phi) is 2.83. The van der Waals surface area contributed by atoms with Crippen molar-refractivity contribution in [1.29, 1.82) is 0 Å². The van der Waals surface area contributed by atoms with Gasteiger partial charge in [0.15, 0.2) is 0 Å². The molecule has 96 valence electrons. The fourth-order valence-corrected chi connectivity index (χ4v) is 2.94. The van der Waals surface area contributed by atoms with Crippen LogP contribution in [0.4, 0.5) is 11.4 Å². The van der Waals surface area contributed by atoms with E-state index in [0.717, 1.165) is 42.2 Å². The highest BCUT2D eigenvalue weighted by Gasteiger charge is 2.49. The average molecular weight is 311 g/mol. The van der Waals surface area contributed by atoms with Crippen LogP contribution in [0.15, 0.2) is 22.7 Å². The summed E-state index contributed by atoms with van der Waals surface area (Å²) in [5.41, 5.74) is 2.33. The SMILES string of the molecule is CC(=O)Nc1cc(Br)ccc1N1CC2(COC2)C1. The van der Waals surface area contributed by atoms with Gasteiger partial charge in [-0.2, -0.15) is 0 Å². The first-order chi connectivity index (χ1) is 8.58. The third kappa shape index (κ3) is 2.01. The molecule has 3 rings (SSSR count). The van der Waals surface area contributed by atoms with E-state index in [1.54, 1.807) is 0 Å². The summed E-state index contributed by atoms with van der Waals surface area (Å²) < 4.78 is 6.24. The minimum Gasteiger partial charge on any atom is -0.380 e. The molecular weight excluding hydrogens is 296 g/mol. The molecule has 0 atom stereocenters. The molecule has 1 amide bonds. The highest BCUT2D eigenvalue weighted by molar-refractivity contribution is 9.10. The number of carbonyl (C=O) groups excluding carboxylic acids is 1. The number of anilines is 2. The second-order valence-electron chi connectivity index (χ2n) is 5.19. The molecule has 0 bridgehead atoms. The zero-order chi connectivity index (χ0) is 12.8. The Hall–Kier alpha value is -1.07. The van der Waals surface area contributed by atoms with Crippen molar-refractivity contribution in [2.75, 3.05) is 36.5 Å². The van der Waals surface area contributed by atoms with E-state index in [2.05, 4.69) is 26.1 Å². The topological polar surface area (TPSA) is 41.6 Å². The molecule has 2 aliphatic rings. The van der Waals surface area contributed by atoms with Gasteiger partial charge in [-0.15, -0.1) is 0 Å². The second-order valence-corrected chi connectivity index (χ2v) is 6.11. The summed E-state index contributed by atoms with van der Waals surface area (Å²) in [5.74, 6) is -0.0448. The molecule has 18 heavy (non-hydrogen) atoms. The van der Waals surface area contributed by atoms with Crippen LogP contribution in [0.25, 0.3) is 0 Å². The zero-order valence-corrected chi connectivity index (χ0v) is 11.8. The molecule has 0 radical (unpaired) electrons. The van der Waals surface area contributed by atoms with Crippen molar-refractivity contribution < 1.29 is 9.53 Å². The van der Waals surface area contributed by atoms with Crippen LogP contribution in [0.1, 0.15) is 6.92 Å². The fourth-order valence-electron chi connectivity index (χ4n) is 2.58. The number of ether oxygens (including phenoxy) is 1. The summed E-state index contributed by atoms with van der Waals surface area (Å²) in [6, 6.07) is 5.99. The van der Waals surface area contributed by atoms with E-state index >= 15 is 0 Å². The largest absolute Gasteiger partial charge is 0.380 e. The molecule has 0 saturated carbocycles. The normalized spacial score (nSPS) is 20.2. The monoisotopic (exact) mass is 310 g/mol. The molecule has 1 aromatic carbocycles. The van der Waals surface area contributed by atoms with Crippen molar-refractivity contribution in [2.24, 2.45) is 5.41 Å². The third-order valence-corrected chi connectivity index (χ3v) is 3.97. The van der Waals surface area contributed by atoms with Crippen LogP contribution in [-0.2, 0) is 9.53 Å². The van der Waals surface area contributed by atoms with E-state index in [-0.39, 0.29) is 5.91 Å². The van der Waals surface area contributed by atoms with Gasteiger partial charge in [-0.25, -0.2) is 0 Å². The molecule has 1 spiro atoms. The molecule has 0 unspecified atom stereocenters. The Morgan fingerprint density at radius 2 is 2.17 bits per heavy atom. The van der Waals surface area contributed by atoms with E-state index in [9.17, 15) is 4.79 Å². The van der Waals surface area contributed by atoms with Crippen molar-refractivity contribution >= 4 is 33.2 Å². The maximum Gasteiger partial charge on any atom is 0.221 e. The van der Waals surface area contributed by atoms with Gasteiger partial charge in [0.1, 0.15) is 0 Å². The van der Waals surface area contributed by atoms with Gasteiger partial charge in [-0.05, 0) is 18.2 Å². The first kappa shape index (κ1) is 12.0. The van der Waals surface area contributed by atoms with Gasteiger partial charge >= 0.3 is 0 Å². The van der Waals surface area contributed by atoms with E-state index in [1.807, 2.05) is 18.2 Å². The molecule has 1 N–H and O–H groups in total. The minimum atomic E-state index is -0.0448. The van der Waals surface area contributed by atoms with Crippen molar-refractivity contribution in [3.63, 3.8) is 0 Å². The van der Waals surface area contributed by atoms with E-state index in [1.165, 1.54) is 6.92 Å². The number of hydrogen-bond acceptors (Lipinski definition) is 3. The van der Waals surface area contributed by atoms with Crippen molar-refractivity contribution in [3.05, 3.63) is 22.7 Å². The molecule has 0 aromatic heterocycles. The lowest BCUT2D eigenvalue weighted by Gasteiger charge is -2.56. The van der Waals surface area contributed by atoms with Crippen LogP contribution in [0.3, 0.4) is 0 Å². The predicted octanol–water partition coefficient (Wildman–Crippen LogP) is 2.24. The number of carbonyl (C=O) groups is 1. The summed E-state index contributed by atoms with van der Waals surface area (Å²) in [4.78, 5) is 13.5. The summed E-state index contributed by atoms with van der Waals surface area (Å²) >= 11 is 3.43. The Balaban J connectivity index is 1.80. The first-order valence-corrected chi connectivity index (χ1v) is 6.77. The lowest BCUT2D eigenvalue weighted by molar-refractivity contribution is -0.127. The summed E-state index contributed by atoms with van der Waals surface area (Å²) in [7, 11) is 0. The van der Waals surface area contributed by atoms with Crippen LogP contribution in [0, 0.1) is 5.41 Å². The average Bonchev–Trinajstić information content (AvgIpc) is 2.15. The molecule has 2 heterocycles. The van der Waals surface area contributed by atoms with Crippen LogP contribution >= 0.6 is 15.9 Å². The molecule has 2 fully saturated rings. The quantitative estimate of drug-likeness (QED) is 0.911. The smallest absolute Gasteiger partial charge is 0.221 e. The molecule has 5 heteroatoms. The second kappa shape index (κ2) is 4.24. The molecule has 2 aliphatic heterocycles. The van der Waals surface area contributed by atoms with Gasteiger partial charge in [-0.1, -0.05) is 15.9 Å². The highest BCUT2D eigenvalue weighted by Crippen LogP contribution is 2.42. The van der Waals surface area contributed by atoms with Gasteiger partial charge in [-0.3, -0.25) is 4.79 Å². The van der Waals surface area contributed by atoms with Gasteiger partial charge in [0.2, 0.25) is 5.91 Å². The van der Waals surface area contributed by atoms with Crippen molar-refractivity contribution in [2.45, 2.75) is 6.92 Å². The van der Waals surface area contributed by atoms with Gasteiger partial charge in [0.05, 0.1) is 30.0 Å². The Morgan fingerprint density at radius 3 is 2.72 bits per heavy atom. The van der Waals surface area contributed by atoms with Gasteiger partial charge < -0.3 is 15.0 Å². The maximum absolute atomic E-state index is 11.2. The number of hydrogen-bond donors (Lipinski definition) is 1. The predicted molar refractivity (Wildman–Crippen MR) is 73.9 cm³/mol. The Bertz CT molecular complexity index is 492. The number of benzene rings is 1. The number of nitrogens with one attached hydrogen (secondary N) is 1. The van der Waals surface area contributed by atoms with Gasteiger partial charge in [0.25, 0.3) is 0 Å². The molecular formula is C13H15BrN2O2. The van der Waals surface area contributed by atoms with Crippen LogP contribution in [0.5, 0.6) is 0 Å². The summed E-state index contributed by atoms with van der Waals surface area (Å²) in [6.07, 6.45) is 0. The van der Waals surface area contributed by atoms with Crippen LogP contribution < -0.4 is 10.2 Å². The third-order valence-electron chi connectivity index (χ3n) is 3.48. The highest BCUT2D eigenvalue weighted by atomic mass is 79.9. The zero-order valence-electron chi connectivity index (χ0n) is 10.2. The van der Waals surface area contributed by atoms with Crippen LogP contribution in [-0.4, -0.2) is 32.2 Å². The molecule has 1 aromatic rings. The Labute approximate surface area is 114 Å². The molecule has 4 nitrogen and oxygen atoms in total. The maximum atomic E-state index is 11.2. The first-order valence-electron chi connectivity index (χ1n) is 5.98. The molecule has 2 saturated heterocycles. The van der Waals surface area contributed by atoms with Crippen LogP contribution in [0.2, 0.25) is 0 Å². The van der Waals surface area contributed by atoms with Gasteiger partial charge in [0, 0.05) is 24.5 Å². The number of amides is 1. The number of halogens is 1. The Morgan fingerprint density at radius 1 is 1.44 bits per heavy atom. The van der Waals surface area contributed by atoms with E-state index < -0.39 is 0 Å². The van der Waals surface area contributed by atoms with E-state index in [4.69, 9.17) is 4.74 Å². The summed E-state index contributed by atoms with van der Waals surface area (Å²) in [6.45, 7) is 5.30. The minimum absolute atomic E-state index is 0.0448. The molecule has 0 aliphatic carbocycles. The van der Waals surface area contributed by atoms with Crippen molar-refractivity contribution in [3.8, 4) is 0 Å². The lowest BCUT2D eigenvalue weighted by atomic mass is 9.77. The fraction of sp³-hybridized carbons (Fsp3) is 0.462. The summed E-state index contributed by atoms with van der Waals surface area (Å²) in [5, 5.41) is 2.88. The van der Waals surface area contributed by atoms with E-state index in [0.29, 0.717) is 5.41 Å². The van der Waals surface area contributed by atoms with Crippen molar-refractivity contribution in [1.82, 2.24) is 0 Å². The number of nitrogens with zero attached hydrogens (tertiary/aromatic N) is 1. The lowest BCUT2D eigenvalue weighted by Crippen LogP contribution is -2.66. The number of rotatable bonds is 2. The standard InChI is InChI=1S/C13H15BrN2O2/c1-9(17)15-11-4-10(14)2-3-12(11)16-5-13(6-16)7-18-8-13/h2-4H,5-8H2,1H3,(H,15,17).